The molecule has 0 fully saturated rings. The highest BCUT2D eigenvalue weighted by Crippen LogP contribution is 2.12. The van der Waals surface area contributed by atoms with Gasteiger partial charge in [0.25, 0.3) is 0 Å². The smallest absolute Gasteiger partial charge is 0.319 e. The fourth-order valence-electron chi connectivity index (χ4n) is 1.13. The Bertz CT molecular complexity index is 369. The number of carbonyl (C=O) groups is 1. The molecule has 0 heterocycles. The van der Waals surface area contributed by atoms with Crippen molar-refractivity contribution in [3.63, 3.8) is 0 Å². The number of amides is 2. The van der Waals surface area contributed by atoms with Gasteiger partial charge in [-0.25, -0.2) is 13.6 Å². The first-order valence-electron chi connectivity index (χ1n) is 5.13. The zero-order chi connectivity index (χ0) is 12.0. The second-order valence-corrected chi connectivity index (χ2v) is 3.36. The number of urea groups is 1. The zero-order valence-electron chi connectivity index (χ0n) is 9.02. The van der Waals surface area contributed by atoms with Crippen molar-refractivity contribution >= 4 is 11.7 Å². The first-order chi connectivity index (χ1) is 7.63. The van der Waals surface area contributed by atoms with E-state index in [0.717, 1.165) is 25.0 Å². The molecule has 0 saturated carbocycles. The predicted octanol–water partition coefficient (Wildman–Crippen LogP) is 2.89. The van der Waals surface area contributed by atoms with Crippen LogP contribution in [0.2, 0.25) is 0 Å². The summed E-state index contributed by atoms with van der Waals surface area (Å²) in [6.07, 6.45) is 1.86. The summed E-state index contributed by atoms with van der Waals surface area (Å²) in [5, 5.41) is 5.01. The van der Waals surface area contributed by atoms with Gasteiger partial charge >= 0.3 is 6.03 Å². The van der Waals surface area contributed by atoms with Crippen molar-refractivity contribution in [3.8, 4) is 0 Å². The summed E-state index contributed by atoms with van der Waals surface area (Å²) in [6, 6.07) is 2.79. The quantitative estimate of drug-likeness (QED) is 0.764. The summed E-state index contributed by atoms with van der Waals surface area (Å²) in [5.74, 6) is -1.91. The highest BCUT2D eigenvalue weighted by molar-refractivity contribution is 5.89. The van der Waals surface area contributed by atoms with E-state index in [2.05, 4.69) is 10.6 Å². The van der Waals surface area contributed by atoms with Gasteiger partial charge in [-0.15, -0.1) is 0 Å². The molecule has 0 spiro atoms. The molecule has 0 unspecified atom stereocenters. The second-order valence-electron chi connectivity index (χ2n) is 3.36. The van der Waals surface area contributed by atoms with Crippen molar-refractivity contribution in [2.45, 2.75) is 19.8 Å². The van der Waals surface area contributed by atoms with Crippen LogP contribution in [0.5, 0.6) is 0 Å². The molecule has 3 nitrogen and oxygen atoms in total. The van der Waals surface area contributed by atoms with E-state index in [0.29, 0.717) is 6.54 Å². The number of halogens is 2. The molecule has 2 N–H and O–H groups in total. The van der Waals surface area contributed by atoms with E-state index < -0.39 is 17.7 Å². The fraction of sp³-hybridized carbons (Fsp3) is 0.364. The monoisotopic (exact) mass is 228 g/mol. The molecule has 1 aromatic carbocycles. The molecular weight excluding hydrogens is 214 g/mol. The lowest BCUT2D eigenvalue weighted by molar-refractivity contribution is 0.252. The highest BCUT2D eigenvalue weighted by Gasteiger charge is 2.04. The van der Waals surface area contributed by atoms with Gasteiger partial charge < -0.3 is 10.6 Å². The van der Waals surface area contributed by atoms with Crippen molar-refractivity contribution in [1.29, 1.82) is 0 Å². The summed E-state index contributed by atoms with van der Waals surface area (Å²) in [6.45, 7) is 2.57. The minimum absolute atomic E-state index is 0.230. The molecule has 88 valence electrons. The normalized spacial score (nSPS) is 9.94. The molecular formula is C11H14F2N2O. The van der Waals surface area contributed by atoms with Crippen LogP contribution in [0.1, 0.15) is 19.8 Å². The minimum Gasteiger partial charge on any atom is -0.338 e. The average molecular weight is 228 g/mol. The molecule has 0 aliphatic carbocycles. The SMILES string of the molecule is CCCCNC(=O)Nc1ccc(F)c(F)c1. The third-order valence-corrected chi connectivity index (χ3v) is 1.99. The van der Waals surface area contributed by atoms with E-state index in [1.807, 2.05) is 6.92 Å². The number of hydrogen-bond acceptors (Lipinski definition) is 1. The van der Waals surface area contributed by atoms with Crippen LogP contribution >= 0.6 is 0 Å². The highest BCUT2D eigenvalue weighted by atomic mass is 19.2. The van der Waals surface area contributed by atoms with Gasteiger partial charge in [0.05, 0.1) is 0 Å². The maximum atomic E-state index is 12.8. The fourth-order valence-corrected chi connectivity index (χ4v) is 1.13. The number of nitrogens with one attached hydrogen (secondary N) is 2. The molecule has 1 aromatic rings. The van der Waals surface area contributed by atoms with Gasteiger partial charge in [-0.05, 0) is 18.6 Å². The molecule has 0 aromatic heterocycles. The number of rotatable bonds is 4. The lowest BCUT2D eigenvalue weighted by Gasteiger charge is -2.07. The van der Waals surface area contributed by atoms with Gasteiger partial charge in [0.2, 0.25) is 0 Å². The first kappa shape index (κ1) is 12.4. The Hall–Kier alpha value is -1.65. The average Bonchev–Trinajstić information content (AvgIpc) is 2.24. The van der Waals surface area contributed by atoms with Crippen LogP contribution in [-0.2, 0) is 0 Å². The number of hydrogen-bond donors (Lipinski definition) is 2. The molecule has 0 radical (unpaired) electrons. The topological polar surface area (TPSA) is 41.1 Å². The molecule has 0 aliphatic rings. The Balaban J connectivity index is 2.46. The van der Waals surface area contributed by atoms with Gasteiger partial charge in [0.15, 0.2) is 11.6 Å². The summed E-state index contributed by atoms with van der Waals surface area (Å²) >= 11 is 0. The molecule has 0 atom stereocenters. The number of benzene rings is 1. The Morgan fingerprint density at radius 1 is 1.31 bits per heavy atom. The van der Waals surface area contributed by atoms with Crippen LogP contribution in [0.15, 0.2) is 18.2 Å². The summed E-state index contributed by atoms with van der Waals surface area (Å²) in [4.78, 5) is 11.2. The molecule has 0 saturated heterocycles. The van der Waals surface area contributed by atoms with Gasteiger partial charge in [-0.2, -0.15) is 0 Å². The van der Waals surface area contributed by atoms with Crippen molar-refractivity contribution in [2.24, 2.45) is 0 Å². The summed E-state index contributed by atoms with van der Waals surface area (Å²) in [5.41, 5.74) is 0.230. The third kappa shape index (κ3) is 3.84. The van der Waals surface area contributed by atoms with Crippen LogP contribution in [0.25, 0.3) is 0 Å². The molecule has 16 heavy (non-hydrogen) atoms. The summed E-state index contributed by atoms with van der Waals surface area (Å²) in [7, 11) is 0. The van der Waals surface area contributed by atoms with Crippen LogP contribution in [-0.4, -0.2) is 12.6 Å². The van der Waals surface area contributed by atoms with E-state index >= 15 is 0 Å². The maximum absolute atomic E-state index is 12.8. The Kier molecular flexibility index (Phi) is 4.69. The van der Waals surface area contributed by atoms with Crippen molar-refractivity contribution in [1.82, 2.24) is 5.32 Å². The standard InChI is InChI=1S/C11H14F2N2O/c1-2-3-6-14-11(16)15-8-4-5-9(12)10(13)7-8/h4-5,7H,2-3,6H2,1H3,(H2,14,15,16). The summed E-state index contributed by atoms with van der Waals surface area (Å²) < 4.78 is 25.4. The van der Waals surface area contributed by atoms with E-state index in [-0.39, 0.29) is 5.69 Å². The van der Waals surface area contributed by atoms with Gasteiger partial charge in [-0.1, -0.05) is 13.3 Å². The van der Waals surface area contributed by atoms with Crippen LogP contribution in [0.4, 0.5) is 19.3 Å². The van der Waals surface area contributed by atoms with Crippen molar-refractivity contribution in [2.75, 3.05) is 11.9 Å². The van der Waals surface area contributed by atoms with Crippen LogP contribution < -0.4 is 10.6 Å². The van der Waals surface area contributed by atoms with E-state index in [9.17, 15) is 13.6 Å². The van der Waals surface area contributed by atoms with Gasteiger partial charge in [0, 0.05) is 18.3 Å². The third-order valence-electron chi connectivity index (χ3n) is 1.99. The Morgan fingerprint density at radius 2 is 2.06 bits per heavy atom. The van der Waals surface area contributed by atoms with E-state index in [1.165, 1.54) is 6.07 Å². The second kappa shape index (κ2) is 6.05. The molecule has 0 aliphatic heterocycles. The predicted molar refractivity (Wildman–Crippen MR) is 58.3 cm³/mol. The lowest BCUT2D eigenvalue weighted by Crippen LogP contribution is -2.29. The maximum Gasteiger partial charge on any atom is 0.319 e. The molecule has 2 amide bonds. The minimum atomic E-state index is -0.980. The number of anilines is 1. The van der Waals surface area contributed by atoms with E-state index in [1.54, 1.807) is 0 Å². The van der Waals surface area contributed by atoms with Crippen LogP contribution in [0, 0.1) is 11.6 Å². The van der Waals surface area contributed by atoms with Crippen molar-refractivity contribution in [3.05, 3.63) is 29.8 Å². The molecule has 1 rings (SSSR count). The lowest BCUT2D eigenvalue weighted by atomic mass is 10.3. The number of carbonyl (C=O) groups excluding carboxylic acids is 1. The Labute approximate surface area is 92.8 Å². The first-order valence-corrected chi connectivity index (χ1v) is 5.13. The van der Waals surface area contributed by atoms with Crippen molar-refractivity contribution < 1.29 is 13.6 Å². The van der Waals surface area contributed by atoms with Crippen LogP contribution in [0.3, 0.4) is 0 Å². The molecule has 5 heteroatoms. The zero-order valence-corrected chi connectivity index (χ0v) is 9.02. The van der Waals surface area contributed by atoms with Gasteiger partial charge in [0.1, 0.15) is 0 Å². The van der Waals surface area contributed by atoms with E-state index in [4.69, 9.17) is 0 Å². The largest absolute Gasteiger partial charge is 0.338 e. The van der Waals surface area contributed by atoms with Gasteiger partial charge in [-0.3, -0.25) is 0 Å². The number of unbranched alkanes of at least 4 members (excludes halogenated alkanes) is 1. The molecule has 0 bridgehead atoms. The Morgan fingerprint density at radius 3 is 2.69 bits per heavy atom.